The fraction of sp³-hybridized carbons (Fsp3) is 0.250. The molecule has 26 heavy (non-hydrogen) atoms. The lowest BCUT2D eigenvalue weighted by Gasteiger charge is -2.20. The molecule has 2 atom stereocenters. The molecule has 3 rings (SSSR count). The molecule has 0 bridgehead atoms. The molecule has 0 amide bonds. The van der Waals surface area contributed by atoms with Gasteiger partial charge in [0.05, 0.1) is 0 Å². The van der Waals surface area contributed by atoms with E-state index in [4.69, 9.17) is 0 Å². The van der Waals surface area contributed by atoms with E-state index in [2.05, 4.69) is 72.9 Å². The highest BCUT2D eigenvalue weighted by Gasteiger charge is 2.14. The van der Waals surface area contributed by atoms with E-state index < -0.39 is 0 Å². The number of hydrogen-bond donors (Lipinski definition) is 2. The minimum absolute atomic E-state index is 0.315. The molecule has 0 heterocycles. The maximum Gasteiger partial charge on any atom is 0.115 e. The van der Waals surface area contributed by atoms with Crippen molar-refractivity contribution in [3.05, 3.63) is 102 Å². The zero-order valence-corrected chi connectivity index (χ0v) is 15.3. The summed E-state index contributed by atoms with van der Waals surface area (Å²) in [5.41, 5.74) is 3.92. The third-order valence-corrected chi connectivity index (χ3v) is 4.81. The van der Waals surface area contributed by atoms with Crippen LogP contribution in [0.25, 0.3) is 0 Å². The average Bonchev–Trinajstić information content (AvgIpc) is 2.68. The molecule has 0 saturated carbocycles. The number of aromatic hydroxyl groups is 1. The molecule has 0 aromatic heterocycles. The van der Waals surface area contributed by atoms with Crippen LogP contribution in [0.1, 0.15) is 36.0 Å². The Morgan fingerprint density at radius 2 is 1.35 bits per heavy atom. The van der Waals surface area contributed by atoms with E-state index in [1.165, 1.54) is 16.7 Å². The number of benzene rings is 3. The summed E-state index contributed by atoms with van der Waals surface area (Å²) in [7, 11) is 0. The predicted molar refractivity (Wildman–Crippen MR) is 109 cm³/mol. The number of rotatable bonds is 8. The fourth-order valence-corrected chi connectivity index (χ4v) is 3.43. The molecule has 0 saturated heterocycles. The Kier molecular flexibility index (Phi) is 6.45. The highest BCUT2D eigenvalue weighted by Crippen LogP contribution is 2.28. The zero-order chi connectivity index (χ0) is 18.2. The second-order valence-corrected chi connectivity index (χ2v) is 6.89. The van der Waals surface area contributed by atoms with Crippen molar-refractivity contribution in [1.82, 2.24) is 5.32 Å². The second-order valence-electron chi connectivity index (χ2n) is 6.89. The predicted octanol–water partition coefficient (Wildman–Crippen LogP) is 5.14. The van der Waals surface area contributed by atoms with Crippen LogP contribution in [0.15, 0.2) is 84.9 Å². The molecule has 2 nitrogen and oxygen atoms in total. The van der Waals surface area contributed by atoms with Gasteiger partial charge in [0.25, 0.3) is 0 Å². The van der Waals surface area contributed by atoms with E-state index in [1.807, 2.05) is 12.1 Å². The number of hydrogen-bond acceptors (Lipinski definition) is 2. The van der Waals surface area contributed by atoms with Crippen molar-refractivity contribution in [2.24, 2.45) is 0 Å². The molecule has 3 aromatic carbocycles. The SMILES string of the molecule is CC(Cc1ccccc1)NCCC(c1ccccc1)c1ccc(O)cc1. The summed E-state index contributed by atoms with van der Waals surface area (Å²) in [4.78, 5) is 0. The molecule has 0 fully saturated rings. The number of phenolic OH excluding ortho intramolecular Hbond substituents is 1. The Morgan fingerprint density at radius 1 is 0.769 bits per heavy atom. The molecule has 0 spiro atoms. The zero-order valence-electron chi connectivity index (χ0n) is 15.3. The summed E-state index contributed by atoms with van der Waals surface area (Å²) < 4.78 is 0. The standard InChI is InChI=1S/C24H27NO/c1-19(18-20-8-4-2-5-9-20)25-17-16-24(21-10-6-3-7-11-21)22-12-14-23(26)15-13-22/h2-15,19,24-26H,16-18H2,1H3. The van der Waals surface area contributed by atoms with Crippen LogP contribution in [0.4, 0.5) is 0 Å². The third-order valence-electron chi connectivity index (χ3n) is 4.81. The van der Waals surface area contributed by atoms with Crippen molar-refractivity contribution in [3.63, 3.8) is 0 Å². The number of phenols is 1. The molecule has 0 aliphatic rings. The van der Waals surface area contributed by atoms with Crippen LogP contribution < -0.4 is 5.32 Å². The van der Waals surface area contributed by atoms with Gasteiger partial charge in [-0.25, -0.2) is 0 Å². The van der Waals surface area contributed by atoms with Crippen molar-refractivity contribution >= 4 is 0 Å². The molecule has 2 N–H and O–H groups in total. The third kappa shape index (κ3) is 5.21. The van der Waals surface area contributed by atoms with Gasteiger partial charge in [-0.05, 0) is 55.1 Å². The first-order valence-corrected chi connectivity index (χ1v) is 9.33. The molecule has 2 heteroatoms. The molecular weight excluding hydrogens is 318 g/mol. The summed E-state index contributed by atoms with van der Waals surface area (Å²) in [5, 5.41) is 13.2. The average molecular weight is 345 g/mol. The van der Waals surface area contributed by atoms with E-state index in [1.54, 1.807) is 12.1 Å². The van der Waals surface area contributed by atoms with Gasteiger partial charge in [0, 0.05) is 12.0 Å². The monoisotopic (exact) mass is 345 g/mol. The van der Waals surface area contributed by atoms with Gasteiger partial charge < -0.3 is 10.4 Å². The Bertz CT molecular complexity index is 768. The van der Waals surface area contributed by atoms with Gasteiger partial charge in [-0.3, -0.25) is 0 Å². The van der Waals surface area contributed by atoms with E-state index >= 15 is 0 Å². The normalized spacial score (nSPS) is 13.3. The van der Waals surface area contributed by atoms with Crippen LogP contribution in [0, 0.1) is 0 Å². The lowest BCUT2D eigenvalue weighted by molar-refractivity contribution is 0.474. The summed E-state index contributed by atoms with van der Waals surface area (Å²) in [6, 6.07) is 29.3. The maximum absolute atomic E-state index is 9.59. The topological polar surface area (TPSA) is 32.3 Å². The van der Waals surface area contributed by atoms with Gasteiger partial charge in [0.2, 0.25) is 0 Å². The Hall–Kier alpha value is -2.58. The van der Waals surface area contributed by atoms with Crippen molar-refractivity contribution < 1.29 is 5.11 Å². The van der Waals surface area contributed by atoms with Crippen LogP contribution in [0.5, 0.6) is 5.75 Å². The quantitative estimate of drug-likeness (QED) is 0.593. The van der Waals surface area contributed by atoms with Gasteiger partial charge in [-0.1, -0.05) is 72.8 Å². The van der Waals surface area contributed by atoms with Crippen LogP contribution in [0.3, 0.4) is 0 Å². The molecule has 134 valence electrons. The molecule has 0 aliphatic heterocycles. The lowest BCUT2D eigenvalue weighted by Crippen LogP contribution is -2.30. The van der Waals surface area contributed by atoms with Gasteiger partial charge >= 0.3 is 0 Å². The molecule has 0 radical (unpaired) electrons. The van der Waals surface area contributed by atoms with Gasteiger partial charge in [-0.2, -0.15) is 0 Å². The molecule has 2 unspecified atom stereocenters. The van der Waals surface area contributed by atoms with Gasteiger partial charge in [0.15, 0.2) is 0 Å². The van der Waals surface area contributed by atoms with E-state index in [0.29, 0.717) is 17.7 Å². The second kappa shape index (κ2) is 9.21. The molecule has 0 aliphatic carbocycles. The van der Waals surface area contributed by atoms with Crippen LogP contribution in [-0.2, 0) is 6.42 Å². The smallest absolute Gasteiger partial charge is 0.115 e. The van der Waals surface area contributed by atoms with Crippen molar-refractivity contribution in [2.45, 2.75) is 31.7 Å². The van der Waals surface area contributed by atoms with Gasteiger partial charge in [0.1, 0.15) is 5.75 Å². The van der Waals surface area contributed by atoms with E-state index in [-0.39, 0.29) is 0 Å². The van der Waals surface area contributed by atoms with E-state index in [0.717, 1.165) is 19.4 Å². The summed E-state index contributed by atoms with van der Waals surface area (Å²) >= 11 is 0. The summed E-state index contributed by atoms with van der Waals surface area (Å²) in [5.74, 6) is 0.642. The minimum Gasteiger partial charge on any atom is -0.508 e. The van der Waals surface area contributed by atoms with Crippen LogP contribution in [0.2, 0.25) is 0 Å². The largest absolute Gasteiger partial charge is 0.508 e. The van der Waals surface area contributed by atoms with Crippen molar-refractivity contribution in [1.29, 1.82) is 0 Å². The Balaban J connectivity index is 1.62. The Labute approximate surface area is 156 Å². The minimum atomic E-state index is 0.315. The first-order valence-electron chi connectivity index (χ1n) is 9.33. The van der Waals surface area contributed by atoms with Gasteiger partial charge in [-0.15, -0.1) is 0 Å². The van der Waals surface area contributed by atoms with Crippen molar-refractivity contribution in [2.75, 3.05) is 6.54 Å². The van der Waals surface area contributed by atoms with E-state index in [9.17, 15) is 5.11 Å². The fourth-order valence-electron chi connectivity index (χ4n) is 3.43. The highest BCUT2D eigenvalue weighted by atomic mass is 16.3. The molecular formula is C24H27NO. The maximum atomic E-state index is 9.59. The first-order chi connectivity index (χ1) is 12.7. The number of nitrogens with one attached hydrogen (secondary N) is 1. The summed E-state index contributed by atoms with van der Waals surface area (Å²) in [6.07, 6.45) is 2.06. The van der Waals surface area contributed by atoms with Crippen LogP contribution in [-0.4, -0.2) is 17.7 Å². The first kappa shape index (κ1) is 18.2. The van der Waals surface area contributed by atoms with Crippen molar-refractivity contribution in [3.8, 4) is 5.75 Å². The Morgan fingerprint density at radius 3 is 2.00 bits per heavy atom. The highest BCUT2D eigenvalue weighted by molar-refractivity contribution is 5.35. The summed E-state index contributed by atoms with van der Waals surface area (Å²) in [6.45, 7) is 3.19. The lowest BCUT2D eigenvalue weighted by atomic mass is 9.88. The molecule has 3 aromatic rings. The van der Waals surface area contributed by atoms with Crippen LogP contribution >= 0.6 is 0 Å².